The van der Waals surface area contributed by atoms with E-state index in [0.717, 1.165) is 35.0 Å². The fraction of sp³-hybridized carbons (Fsp3) is 0.353. The summed E-state index contributed by atoms with van der Waals surface area (Å²) in [6.07, 6.45) is 0.839. The molecule has 9 heteroatoms. The maximum absolute atomic E-state index is 10.7. The predicted octanol–water partition coefficient (Wildman–Crippen LogP) is 3.18. The lowest BCUT2D eigenvalue weighted by atomic mass is 10.3. The van der Waals surface area contributed by atoms with Crippen LogP contribution in [0.15, 0.2) is 47.8 Å². The summed E-state index contributed by atoms with van der Waals surface area (Å²) in [6, 6.07) is 8.98. The van der Waals surface area contributed by atoms with Crippen LogP contribution in [0.25, 0.3) is 0 Å². The zero-order valence-electron chi connectivity index (χ0n) is 14.8. The van der Waals surface area contributed by atoms with Crippen LogP contribution < -0.4 is 10.1 Å². The standard InChI is InChI=1S/C17H22N4O3S2/c1-20(2)11-17-19-14(13-26-17)12-25-9-8-18-16(10-21(22)23)24-15-6-4-3-5-7-15/h3-7,10,13,18H,8-9,11-12H2,1-2H3. The van der Waals surface area contributed by atoms with Gasteiger partial charge in [0, 0.05) is 30.0 Å². The Bertz CT molecular complexity index is 720. The minimum Gasteiger partial charge on any atom is -0.436 e. The number of hydrogen-bond donors (Lipinski definition) is 1. The van der Waals surface area contributed by atoms with Crippen LogP contribution in [-0.4, -0.2) is 41.2 Å². The molecule has 1 heterocycles. The van der Waals surface area contributed by atoms with Crippen LogP contribution in [0, 0.1) is 10.1 Å². The van der Waals surface area contributed by atoms with Crippen LogP contribution in [0.3, 0.4) is 0 Å². The molecule has 0 radical (unpaired) electrons. The second-order valence-electron chi connectivity index (χ2n) is 5.64. The third-order valence-electron chi connectivity index (χ3n) is 3.04. The fourth-order valence-corrected chi connectivity index (χ4v) is 3.76. The summed E-state index contributed by atoms with van der Waals surface area (Å²) < 4.78 is 5.51. The number of rotatable bonds is 11. The van der Waals surface area contributed by atoms with E-state index >= 15 is 0 Å². The number of thiazole rings is 1. The summed E-state index contributed by atoms with van der Waals surface area (Å²) in [7, 11) is 4.05. The molecule has 1 N–H and O–H groups in total. The van der Waals surface area contributed by atoms with Gasteiger partial charge in [0.1, 0.15) is 10.8 Å². The van der Waals surface area contributed by atoms with E-state index in [9.17, 15) is 10.1 Å². The molecule has 2 rings (SSSR count). The molecule has 0 saturated heterocycles. The molecule has 0 saturated carbocycles. The molecular formula is C17H22N4O3S2. The topological polar surface area (TPSA) is 80.5 Å². The molecule has 0 fully saturated rings. The van der Waals surface area contributed by atoms with Crippen LogP contribution in [0.5, 0.6) is 5.75 Å². The van der Waals surface area contributed by atoms with Gasteiger partial charge in [0.05, 0.1) is 10.6 Å². The molecule has 0 atom stereocenters. The highest BCUT2D eigenvalue weighted by molar-refractivity contribution is 7.98. The van der Waals surface area contributed by atoms with E-state index in [1.165, 1.54) is 0 Å². The van der Waals surface area contributed by atoms with E-state index in [2.05, 4.69) is 20.6 Å². The van der Waals surface area contributed by atoms with Gasteiger partial charge in [-0.2, -0.15) is 11.8 Å². The van der Waals surface area contributed by atoms with Gasteiger partial charge in [-0.25, -0.2) is 4.98 Å². The number of aromatic nitrogens is 1. The lowest BCUT2D eigenvalue weighted by Crippen LogP contribution is -2.21. The third-order valence-corrected chi connectivity index (χ3v) is 4.92. The predicted molar refractivity (Wildman–Crippen MR) is 106 cm³/mol. The summed E-state index contributed by atoms with van der Waals surface area (Å²) in [5.74, 6) is 2.29. The SMILES string of the molecule is CN(C)Cc1nc(CSCCNC(=C[N+](=O)[O-])Oc2ccccc2)cs1. The maximum atomic E-state index is 10.7. The monoisotopic (exact) mass is 394 g/mol. The summed E-state index contributed by atoms with van der Waals surface area (Å²) in [6.45, 7) is 1.41. The summed E-state index contributed by atoms with van der Waals surface area (Å²) in [4.78, 5) is 16.9. The molecule has 0 unspecified atom stereocenters. The van der Waals surface area contributed by atoms with Crippen LogP contribution in [0.2, 0.25) is 0 Å². The first-order valence-corrected chi connectivity index (χ1v) is 10.0. The van der Waals surface area contributed by atoms with Crippen molar-refractivity contribution < 1.29 is 9.66 Å². The molecule has 26 heavy (non-hydrogen) atoms. The van der Waals surface area contributed by atoms with Crippen molar-refractivity contribution in [3.63, 3.8) is 0 Å². The van der Waals surface area contributed by atoms with E-state index in [-0.39, 0.29) is 5.88 Å². The van der Waals surface area contributed by atoms with Crippen molar-refractivity contribution in [1.29, 1.82) is 0 Å². The highest BCUT2D eigenvalue weighted by atomic mass is 32.2. The molecule has 0 spiro atoms. The van der Waals surface area contributed by atoms with Gasteiger partial charge in [0.25, 0.3) is 12.1 Å². The van der Waals surface area contributed by atoms with Gasteiger partial charge >= 0.3 is 0 Å². The molecule has 0 aliphatic heterocycles. The van der Waals surface area contributed by atoms with Gasteiger partial charge in [0.15, 0.2) is 0 Å². The average Bonchev–Trinajstić information content (AvgIpc) is 3.01. The quantitative estimate of drug-likeness (QED) is 0.271. The van der Waals surface area contributed by atoms with E-state index in [0.29, 0.717) is 12.3 Å². The number of benzene rings is 1. The molecule has 1 aromatic carbocycles. The second kappa shape index (κ2) is 10.8. The van der Waals surface area contributed by atoms with Crippen molar-refractivity contribution in [2.75, 3.05) is 26.4 Å². The summed E-state index contributed by atoms with van der Waals surface area (Å²) in [5.41, 5.74) is 1.07. The largest absolute Gasteiger partial charge is 0.436 e. The molecule has 0 amide bonds. The molecule has 0 aliphatic rings. The van der Waals surface area contributed by atoms with Gasteiger partial charge in [-0.1, -0.05) is 18.2 Å². The highest BCUT2D eigenvalue weighted by Gasteiger charge is 2.07. The molecule has 7 nitrogen and oxygen atoms in total. The minimum atomic E-state index is -0.528. The zero-order chi connectivity index (χ0) is 18.8. The fourth-order valence-electron chi connectivity index (χ4n) is 2.00. The molecule has 0 bridgehead atoms. The lowest BCUT2D eigenvalue weighted by Gasteiger charge is -2.10. The zero-order valence-corrected chi connectivity index (χ0v) is 16.4. The van der Waals surface area contributed by atoms with Crippen LogP contribution in [0.1, 0.15) is 10.7 Å². The van der Waals surface area contributed by atoms with Crippen LogP contribution >= 0.6 is 23.1 Å². The van der Waals surface area contributed by atoms with Gasteiger partial charge in [-0.05, 0) is 26.2 Å². The van der Waals surface area contributed by atoms with E-state index in [1.807, 2.05) is 32.3 Å². The number of thioether (sulfide) groups is 1. The molecule has 140 valence electrons. The first-order valence-electron chi connectivity index (χ1n) is 8.01. The normalized spacial score (nSPS) is 11.6. The Kier molecular flexibility index (Phi) is 8.39. The number of nitrogens with zero attached hydrogens (tertiary/aromatic N) is 3. The van der Waals surface area contributed by atoms with E-state index in [1.54, 1.807) is 35.2 Å². The first kappa shape index (κ1) is 20.2. The first-order chi connectivity index (χ1) is 12.5. The Balaban J connectivity index is 1.73. The third kappa shape index (κ3) is 7.85. The van der Waals surface area contributed by atoms with E-state index < -0.39 is 4.92 Å². The Hall–Kier alpha value is -2.10. The summed E-state index contributed by atoms with van der Waals surface area (Å²) >= 11 is 3.39. The lowest BCUT2D eigenvalue weighted by molar-refractivity contribution is -0.405. The molecule has 0 aliphatic carbocycles. The van der Waals surface area contributed by atoms with Crippen molar-refractivity contribution in [1.82, 2.24) is 15.2 Å². The maximum Gasteiger partial charge on any atom is 0.294 e. The second-order valence-corrected chi connectivity index (χ2v) is 7.69. The Morgan fingerprint density at radius 2 is 2.19 bits per heavy atom. The molecular weight excluding hydrogens is 372 g/mol. The number of para-hydroxylation sites is 1. The summed E-state index contributed by atoms with van der Waals surface area (Å²) in [5, 5.41) is 16.9. The molecule has 1 aromatic heterocycles. The van der Waals surface area contributed by atoms with Crippen molar-refractivity contribution >= 4 is 23.1 Å². The van der Waals surface area contributed by atoms with Crippen molar-refractivity contribution in [3.05, 3.63) is 68.6 Å². The van der Waals surface area contributed by atoms with Gasteiger partial charge in [0.2, 0.25) is 0 Å². The highest BCUT2D eigenvalue weighted by Crippen LogP contribution is 2.17. The Labute approximate surface area is 161 Å². The average molecular weight is 395 g/mol. The van der Waals surface area contributed by atoms with Crippen molar-refractivity contribution in [2.24, 2.45) is 0 Å². The Morgan fingerprint density at radius 1 is 1.42 bits per heavy atom. The van der Waals surface area contributed by atoms with Gasteiger partial charge in [-0.15, -0.1) is 11.3 Å². The van der Waals surface area contributed by atoms with Gasteiger partial charge in [-0.3, -0.25) is 10.1 Å². The smallest absolute Gasteiger partial charge is 0.294 e. The number of ether oxygens (including phenoxy) is 1. The van der Waals surface area contributed by atoms with Crippen molar-refractivity contribution in [2.45, 2.75) is 12.3 Å². The number of hydrogen-bond acceptors (Lipinski definition) is 8. The van der Waals surface area contributed by atoms with Gasteiger partial charge < -0.3 is 15.0 Å². The minimum absolute atomic E-state index is 0.128. The Morgan fingerprint density at radius 3 is 2.88 bits per heavy atom. The van der Waals surface area contributed by atoms with E-state index in [4.69, 9.17) is 4.74 Å². The number of nitrogens with one attached hydrogen (secondary N) is 1. The van der Waals surface area contributed by atoms with Crippen LogP contribution in [0.4, 0.5) is 0 Å². The molecule has 2 aromatic rings. The number of nitro groups is 1. The van der Waals surface area contributed by atoms with Crippen molar-refractivity contribution in [3.8, 4) is 5.75 Å². The van der Waals surface area contributed by atoms with Crippen LogP contribution in [-0.2, 0) is 12.3 Å².